The first-order valence-electron chi connectivity index (χ1n) is 10.9. The molecule has 2 N–H and O–H groups in total. The molecule has 8 nitrogen and oxygen atoms in total. The van der Waals surface area contributed by atoms with Crippen LogP contribution in [0.5, 0.6) is 17.2 Å². The van der Waals surface area contributed by atoms with Crippen LogP contribution in [0.1, 0.15) is 36.9 Å². The summed E-state index contributed by atoms with van der Waals surface area (Å²) in [4.78, 5) is 27.4. The Hall–Kier alpha value is -3.04. The van der Waals surface area contributed by atoms with E-state index in [0.29, 0.717) is 28.0 Å². The van der Waals surface area contributed by atoms with Crippen molar-refractivity contribution in [2.24, 2.45) is 0 Å². The van der Waals surface area contributed by atoms with Crippen LogP contribution >= 0.6 is 15.9 Å². The number of halogens is 1. The number of benzene rings is 2. The second-order valence-electron chi connectivity index (χ2n) is 7.77. The van der Waals surface area contributed by atoms with E-state index >= 15 is 0 Å². The number of methoxy groups -OCH3 is 2. The van der Waals surface area contributed by atoms with Crippen molar-refractivity contribution < 1.29 is 34.0 Å². The van der Waals surface area contributed by atoms with Gasteiger partial charge in [0.15, 0.2) is 11.5 Å². The first kappa shape index (κ1) is 25.6. The highest BCUT2D eigenvalue weighted by molar-refractivity contribution is 9.10. The molecule has 9 heteroatoms. The van der Waals surface area contributed by atoms with E-state index in [1.54, 1.807) is 30.3 Å². The second-order valence-corrected chi connectivity index (χ2v) is 8.62. The number of ketones is 1. The van der Waals surface area contributed by atoms with Crippen molar-refractivity contribution in [1.29, 1.82) is 0 Å². The molecule has 1 atom stereocenters. The summed E-state index contributed by atoms with van der Waals surface area (Å²) in [5, 5.41) is 21.5. The minimum Gasteiger partial charge on any atom is -0.507 e. The molecule has 1 aliphatic rings. The molecule has 1 saturated heterocycles. The van der Waals surface area contributed by atoms with Crippen LogP contribution in [0.15, 0.2) is 46.4 Å². The Labute approximate surface area is 206 Å². The Morgan fingerprint density at radius 1 is 1.15 bits per heavy atom. The molecular weight excluding hydrogens is 506 g/mol. The second kappa shape index (κ2) is 11.4. The fraction of sp³-hybridized carbons (Fsp3) is 0.360. The molecule has 1 amide bonds. The number of carbonyl (C=O) groups is 2. The van der Waals surface area contributed by atoms with Gasteiger partial charge in [0.05, 0.1) is 36.4 Å². The zero-order chi connectivity index (χ0) is 24.8. The van der Waals surface area contributed by atoms with Gasteiger partial charge in [-0.15, -0.1) is 0 Å². The van der Waals surface area contributed by atoms with Crippen molar-refractivity contribution in [3.05, 3.63) is 57.6 Å². The number of amides is 1. The number of hydrogen-bond donors (Lipinski definition) is 2. The summed E-state index contributed by atoms with van der Waals surface area (Å²) in [6, 6.07) is 8.98. The van der Waals surface area contributed by atoms with Crippen LogP contribution in [-0.4, -0.2) is 60.8 Å². The molecule has 0 bridgehead atoms. The maximum Gasteiger partial charge on any atom is 0.295 e. The number of ether oxygens (including phenoxy) is 3. The number of hydrogen-bond acceptors (Lipinski definition) is 7. The van der Waals surface area contributed by atoms with E-state index < -0.39 is 17.7 Å². The van der Waals surface area contributed by atoms with E-state index in [4.69, 9.17) is 14.2 Å². The predicted molar refractivity (Wildman–Crippen MR) is 130 cm³/mol. The van der Waals surface area contributed by atoms with E-state index in [1.807, 2.05) is 0 Å². The number of rotatable bonds is 10. The smallest absolute Gasteiger partial charge is 0.295 e. The summed E-state index contributed by atoms with van der Waals surface area (Å²) in [6.45, 7) is 2.92. The van der Waals surface area contributed by atoms with Gasteiger partial charge < -0.3 is 29.3 Å². The minimum absolute atomic E-state index is 0.0635. The van der Waals surface area contributed by atoms with E-state index in [9.17, 15) is 19.8 Å². The molecule has 0 saturated carbocycles. The largest absolute Gasteiger partial charge is 0.507 e. The van der Waals surface area contributed by atoms with E-state index in [1.165, 1.54) is 25.2 Å². The topological polar surface area (TPSA) is 106 Å². The molecule has 1 aliphatic heterocycles. The Kier molecular flexibility index (Phi) is 8.57. The lowest BCUT2D eigenvalue weighted by Gasteiger charge is -2.25. The van der Waals surface area contributed by atoms with Gasteiger partial charge in [-0.05, 0) is 52.2 Å². The molecule has 182 valence electrons. The van der Waals surface area contributed by atoms with Crippen molar-refractivity contribution >= 4 is 33.4 Å². The van der Waals surface area contributed by atoms with Gasteiger partial charge >= 0.3 is 0 Å². The van der Waals surface area contributed by atoms with Crippen LogP contribution < -0.4 is 9.47 Å². The van der Waals surface area contributed by atoms with Crippen molar-refractivity contribution in [1.82, 2.24) is 4.90 Å². The number of aromatic hydroxyl groups is 1. The van der Waals surface area contributed by atoms with E-state index in [-0.39, 0.29) is 36.0 Å². The maximum atomic E-state index is 13.1. The first-order chi connectivity index (χ1) is 16.3. The predicted octanol–water partition coefficient (Wildman–Crippen LogP) is 4.41. The Bertz CT molecular complexity index is 1100. The number of aliphatic hydroxyl groups is 1. The van der Waals surface area contributed by atoms with Gasteiger partial charge in [0.1, 0.15) is 11.5 Å². The number of phenolic OH excluding ortho intramolecular Hbond substituents is 1. The number of aliphatic hydroxyl groups excluding tert-OH is 1. The normalized spacial score (nSPS) is 17.3. The van der Waals surface area contributed by atoms with E-state index in [2.05, 4.69) is 22.9 Å². The van der Waals surface area contributed by atoms with Crippen LogP contribution in [-0.2, 0) is 14.3 Å². The van der Waals surface area contributed by atoms with Gasteiger partial charge in [-0.3, -0.25) is 9.59 Å². The standard InChI is InChI=1S/C25H28BrNO7/c1-4-5-10-34-17-8-6-7-15(12-17)22(28)20-21(27(9-11-32-2)25(31)24(20)30)16-13-18(26)23(29)19(14-16)33-3/h6-8,12-14,21,28-29H,4-5,9-11H2,1-3H3. The third kappa shape index (κ3) is 5.20. The number of carbonyl (C=O) groups excluding carboxylic acids is 2. The van der Waals surface area contributed by atoms with Crippen LogP contribution in [0, 0.1) is 0 Å². The molecule has 0 aliphatic carbocycles. The van der Waals surface area contributed by atoms with Crippen LogP contribution in [0.3, 0.4) is 0 Å². The monoisotopic (exact) mass is 533 g/mol. The maximum absolute atomic E-state index is 13.1. The van der Waals surface area contributed by atoms with Crippen LogP contribution in [0.4, 0.5) is 0 Å². The number of phenols is 1. The number of likely N-dealkylation sites (tertiary alicyclic amines) is 1. The third-order valence-electron chi connectivity index (χ3n) is 5.54. The van der Waals surface area contributed by atoms with Gasteiger partial charge in [-0.25, -0.2) is 0 Å². The molecule has 0 radical (unpaired) electrons. The van der Waals surface area contributed by atoms with Crippen molar-refractivity contribution in [3.63, 3.8) is 0 Å². The lowest BCUT2D eigenvalue weighted by molar-refractivity contribution is -0.140. The molecular formula is C25H28BrNO7. The SMILES string of the molecule is CCCCOc1cccc(C(O)=C2C(=O)C(=O)N(CCOC)C2c2cc(Br)c(O)c(OC)c2)c1. The number of nitrogens with zero attached hydrogens (tertiary/aromatic N) is 1. The molecule has 2 aromatic rings. The number of unbranched alkanes of at least 4 members (excludes halogenated alkanes) is 1. The molecule has 1 unspecified atom stereocenters. The minimum atomic E-state index is -0.911. The Morgan fingerprint density at radius 2 is 1.91 bits per heavy atom. The van der Waals surface area contributed by atoms with Gasteiger partial charge in [0, 0.05) is 19.2 Å². The fourth-order valence-corrected chi connectivity index (χ4v) is 4.24. The molecule has 0 aromatic heterocycles. The molecule has 34 heavy (non-hydrogen) atoms. The van der Waals surface area contributed by atoms with Crippen molar-refractivity contribution in [2.75, 3.05) is 34.0 Å². The van der Waals surface area contributed by atoms with Gasteiger partial charge in [-0.2, -0.15) is 0 Å². The zero-order valence-corrected chi connectivity index (χ0v) is 20.9. The summed E-state index contributed by atoms with van der Waals surface area (Å²) in [5.41, 5.74) is 0.772. The number of Topliss-reactive ketones (excluding diaryl/α,β-unsaturated/α-hetero) is 1. The van der Waals surface area contributed by atoms with E-state index in [0.717, 1.165) is 12.8 Å². The highest BCUT2D eigenvalue weighted by Crippen LogP contribution is 2.44. The average molecular weight is 534 g/mol. The highest BCUT2D eigenvalue weighted by Gasteiger charge is 2.46. The van der Waals surface area contributed by atoms with Gasteiger partial charge in [0.25, 0.3) is 11.7 Å². The highest BCUT2D eigenvalue weighted by atomic mass is 79.9. The molecule has 2 aromatic carbocycles. The zero-order valence-electron chi connectivity index (χ0n) is 19.3. The third-order valence-corrected chi connectivity index (χ3v) is 6.14. The molecule has 1 heterocycles. The van der Waals surface area contributed by atoms with Crippen LogP contribution in [0.2, 0.25) is 0 Å². The first-order valence-corrected chi connectivity index (χ1v) is 11.7. The lowest BCUT2D eigenvalue weighted by atomic mass is 9.95. The van der Waals surface area contributed by atoms with Gasteiger partial charge in [0.2, 0.25) is 0 Å². The van der Waals surface area contributed by atoms with Crippen molar-refractivity contribution in [2.45, 2.75) is 25.8 Å². The molecule has 1 fully saturated rings. The summed E-state index contributed by atoms with van der Waals surface area (Å²) in [5.74, 6) is -1.27. The summed E-state index contributed by atoms with van der Waals surface area (Å²) < 4.78 is 16.4. The molecule has 0 spiro atoms. The Balaban J connectivity index is 2.14. The Morgan fingerprint density at radius 3 is 2.59 bits per heavy atom. The summed E-state index contributed by atoms with van der Waals surface area (Å²) in [7, 11) is 2.90. The van der Waals surface area contributed by atoms with Gasteiger partial charge in [-0.1, -0.05) is 25.5 Å². The lowest BCUT2D eigenvalue weighted by Crippen LogP contribution is -2.32. The van der Waals surface area contributed by atoms with Crippen LogP contribution in [0.25, 0.3) is 5.76 Å². The fourth-order valence-electron chi connectivity index (χ4n) is 3.78. The summed E-state index contributed by atoms with van der Waals surface area (Å²) in [6.07, 6.45) is 1.87. The van der Waals surface area contributed by atoms with Crippen molar-refractivity contribution in [3.8, 4) is 17.2 Å². The summed E-state index contributed by atoms with van der Waals surface area (Å²) >= 11 is 3.29. The molecule has 3 rings (SSSR count). The average Bonchev–Trinajstić information content (AvgIpc) is 3.09. The quantitative estimate of drug-likeness (QED) is 0.201.